The Kier molecular flexibility index (Phi) is 6.14. The van der Waals surface area contributed by atoms with Crippen LogP contribution in [0.15, 0.2) is 42.0 Å². The van der Waals surface area contributed by atoms with Crippen LogP contribution in [0.1, 0.15) is 25.5 Å². The molecule has 1 aromatic carbocycles. The highest BCUT2D eigenvalue weighted by atomic mass is 32.2. The first-order valence-electron chi connectivity index (χ1n) is 9.74. The van der Waals surface area contributed by atoms with Crippen LogP contribution in [0.25, 0.3) is 11.3 Å². The Morgan fingerprint density at radius 2 is 1.97 bits per heavy atom. The average Bonchev–Trinajstić information content (AvgIpc) is 3.52. The summed E-state index contributed by atoms with van der Waals surface area (Å²) >= 11 is 1.17. The van der Waals surface area contributed by atoms with Gasteiger partial charge in [-0.3, -0.25) is 14.5 Å². The molecule has 1 fully saturated rings. The van der Waals surface area contributed by atoms with Gasteiger partial charge in [0.2, 0.25) is 21.8 Å². The molecule has 0 saturated heterocycles. The number of sulfonamides is 1. The Labute approximate surface area is 184 Å². The first kappa shape index (κ1) is 21.2. The summed E-state index contributed by atoms with van der Waals surface area (Å²) in [5.41, 5.74) is 2.66. The number of carbonyl (C=O) groups excluding carboxylic acids is 1. The van der Waals surface area contributed by atoms with Crippen LogP contribution in [0, 0.1) is 0 Å². The zero-order chi connectivity index (χ0) is 21.8. The van der Waals surface area contributed by atoms with E-state index in [-0.39, 0.29) is 22.7 Å². The molecule has 2 aromatic heterocycles. The Morgan fingerprint density at radius 1 is 1.19 bits per heavy atom. The summed E-state index contributed by atoms with van der Waals surface area (Å²) < 4.78 is 31.8. The minimum atomic E-state index is -3.36. The smallest absolute Gasteiger partial charge is 0.237 e. The average molecular weight is 460 g/mol. The van der Waals surface area contributed by atoms with Crippen LogP contribution in [-0.2, 0) is 21.2 Å². The van der Waals surface area contributed by atoms with Gasteiger partial charge in [-0.2, -0.15) is 0 Å². The lowest BCUT2D eigenvalue weighted by Crippen LogP contribution is -2.17. The van der Waals surface area contributed by atoms with Crippen molar-refractivity contribution < 1.29 is 17.9 Å². The summed E-state index contributed by atoms with van der Waals surface area (Å²) in [6.45, 7) is 2.39. The fourth-order valence-electron chi connectivity index (χ4n) is 2.82. The Hall–Kier alpha value is -3.05. The van der Waals surface area contributed by atoms with Crippen LogP contribution in [-0.4, -0.2) is 41.1 Å². The van der Waals surface area contributed by atoms with Gasteiger partial charge in [-0.1, -0.05) is 12.1 Å². The van der Waals surface area contributed by atoms with Crippen molar-refractivity contribution in [2.45, 2.75) is 31.4 Å². The number of amides is 1. The maximum Gasteiger partial charge on any atom is 0.237 e. The van der Waals surface area contributed by atoms with E-state index in [4.69, 9.17) is 4.74 Å². The van der Waals surface area contributed by atoms with E-state index >= 15 is 0 Å². The van der Waals surface area contributed by atoms with Gasteiger partial charge in [-0.15, -0.1) is 11.3 Å². The second kappa shape index (κ2) is 8.98. The van der Waals surface area contributed by atoms with E-state index in [0.717, 1.165) is 5.56 Å². The van der Waals surface area contributed by atoms with Gasteiger partial charge >= 0.3 is 0 Å². The number of benzene rings is 1. The van der Waals surface area contributed by atoms with E-state index in [1.54, 1.807) is 29.9 Å². The molecule has 0 spiro atoms. The third kappa shape index (κ3) is 5.56. The molecule has 11 heteroatoms. The van der Waals surface area contributed by atoms with Gasteiger partial charge < -0.3 is 10.1 Å². The SMILES string of the molecule is CCOc1cncc(-c2ccc(NC(=O)Cc3csc(NS(=O)(=O)C4CC4)n3)cc2)n1. The molecule has 162 valence electrons. The summed E-state index contributed by atoms with van der Waals surface area (Å²) in [7, 11) is -3.36. The Morgan fingerprint density at radius 3 is 2.68 bits per heavy atom. The molecule has 4 rings (SSSR count). The van der Waals surface area contributed by atoms with Gasteiger partial charge in [-0.05, 0) is 31.9 Å². The van der Waals surface area contributed by atoms with Crippen molar-refractivity contribution in [2.75, 3.05) is 16.6 Å². The lowest BCUT2D eigenvalue weighted by molar-refractivity contribution is -0.115. The zero-order valence-electron chi connectivity index (χ0n) is 16.7. The van der Waals surface area contributed by atoms with Crippen molar-refractivity contribution >= 4 is 38.1 Å². The summed E-state index contributed by atoms with van der Waals surface area (Å²) in [6, 6.07) is 7.23. The van der Waals surface area contributed by atoms with Gasteiger partial charge in [0.05, 0.1) is 42.1 Å². The summed E-state index contributed by atoms with van der Waals surface area (Å²) in [5.74, 6) is 0.215. The normalized spacial score (nSPS) is 13.6. The predicted octanol–water partition coefficient (Wildman–Crippen LogP) is 3.08. The molecule has 1 aliphatic rings. The molecule has 0 unspecified atom stereocenters. The molecule has 0 radical (unpaired) electrons. The van der Waals surface area contributed by atoms with E-state index in [1.165, 1.54) is 11.3 Å². The Bertz CT molecular complexity index is 1170. The first-order valence-corrected chi connectivity index (χ1v) is 12.2. The van der Waals surface area contributed by atoms with Crippen molar-refractivity contribution in [1.82, 2.24) is 15.0 Å². The van der Waals surface area contributed by atoms with Gasteiger partial charge in [0.15, 0.2) is 5.13 Å². The number of hydrogen-bond acceptors (Lipinski definition) is 8. The second-order valence-electron chi connectivity index (χ2n) is 6.97. The van der Waals surface area contributed by atoms with Crippen LogP contribution in [0.4, 0.5) is 10.8 Å². The third-order valence-corrected chi connectivity index (χ3v) is 7.22. The van der Waals surface area contributed by atoms with Crippen LogP contribution in [0.3, 0.4) is 0 Å². The van der Waals surface area contributed by atoms with Gasteiger partial charge in [0, 0.05) is 16.6 Å². The van der Waals surface area contributed by atoms with Gasteiger partial charge in [-0.25, -0.2) is 18.4 Å². The fraction of sp³-hybridized carbons (Fsp3) is 0.300. The minimum Gasteiger partial charge on any atom is -0.477 e. The van der Waals surface area contributed by atoms with Crippen molar-refractivity contribution in [3.8, 4) is 17.1 Å². The molecule has 31 heavy (non-hydrogen) atoms. The Balaban J connectivity index is 1.34. The lowest BCUT2D eigenvalue weighted by atomic mass is 10.1. The molecular weight excluding hydrogens is 438 g/mol. The fourth-order valence-corrected chi connectivity index (χ4v) is 5.12. The maximum absolute atomic E-state index is 12.3. The van der Waals surface area contributed by atoms with Crippen LogP contribution in [0.5, 0.6) is 5.88 Å². The number of nitrogens with zero attached hydrogens (tertiary/aromatic N) is 3. The minimum absolute atomic E-state index is 0.0469. The van der Waals surface area contributed by atoms with Crippen molar-refractivity contribution in [2.24, 2.45) is 0 Å². The first-order chi connectivity index (χ1) is 14.9. The molecule has 0 bridgehead atoms. The van der Waals surface area contributed by atoms with Gasteiger partial charge in [0.1, 0.15) is 0 Å². The van der Waals surface area contributed by atoms with Crippen molar-refractivity contribution in [1.29, 1.82) is 0 Å². The molecule has 2 heterocycles. The molecule has 9 nitrogen and oxygen atoms in total. The van der Waals surface area contributed by atoms with E-state index in [0.29, 0.717) is 42.4 Å². The number of aromatic nitrogens is 3. The molecule has 0 atom stereocenters. The summed E-state index contributed by atoms with van der Waals surface area (Å²) in [6.07, 6.45) is 4.61. The van der Waals surface area contributed by atoms with E-state index in [1.807, 2.05) is 19.1 Å². The molecular formula is C20H21N5O4S2. The number of ether oxygens (including phenoxy) is 1. The predicted molar refractivity (Wildman–Crippen MR) is 119 cm³/mol. The summed E-state index contributed by atoms with van der Waals surface area (Å²) in [5, 5.41) is 4.46. The highest BCUT2D eigenvalue weighted by molar-refractivity contribution is 7.93. The van der Waals surface area contributed by atoms with Crippen molar-refractivity contribution in [3.63, 3.8) is 0 Å². The molecule has 1 aliphatic carbocycles. The van der Waals surface area contributed by atoms with E-state index in [2.05, 4.69) is 25.0 Å². The highest BCUT2D eigenvalue weighted by Crippen LogP contribution is 2.30. The number of thiazole rings is 1. The monoisotopic (exact) mass is 459 g/mol. The standard InChI is InChI=1S/C20H21N5O4S2/c1-2-29-19-11-21-10-17(24-19)13-3-5-14(6-4-13)22-18(26)9-15-12-30-20(23-15)25-31(27,28)16-7-8-16/h3-6,10-12,16H,2,7-9H2,1H3,(H,22,26)(H,23,25). The van der Waals surface area contributed by atoms with E-state index < -0.39 is 10.0 Å². The van der Waals surface area contributed by atoms with Crippen molar-refractivity contribution in [3.05, 3.63) is 47.7 Å². The van der Waals surface area contributed by atoms with Gasteiger partial charge in [0.25, 0.3) is 0 Å². The number of nitrogens with one attached hydrogen (secondary N) is 2. The number of rotatable bonds is 9. The van der Waals surface area contributed by atoms with Crippen LogP contribution < -0.4 is 14.8 Å². The second-order valence-corrected chi connectivity index (χ2v) is 9.79. The molecule has 2 N–H and O–H groups in total. The topological polar surface area (TPSA) is 123 Å². The number of anilines is 2. The highest BCUT2D eigenvalue weighted by Gasteiger charge is 2.36. The number of hydrogen-bond donors (Lipinski definition) is 2. The van der Waals surface area contributed by atoms with E-state index in [9.17, 15) is 13.2 Å². The molecule has 3 aromatic rings. The molecule has 1 saturated carbocycles. The van der Waals surface area contributed by atoms with Crippen LogP contribution >= 0.6 is 11.3 Å². The van der Waals surface area contributed by atoms with Crippen LogP contribution in [0.2, 0.25) is 0 Å². The molecule has 1 amide bonds. The largest absolute Gasteiger partial charge is 0.477 e. The molecule has 0 aliphatic heterocycles. The maximum atomic E-state index is 12.3. The quantitative estimate of drug-likeness (QED) is 0.504. The lowest BCUT2D eigenvalue weighted by Gasteiger charge is -2.07. The summed E-state index contributed by atoms with van der Waals surface area (Å²) in [4.78, 5) is 25.1. The zero-order valence-corrected chi connectivity index (χ0v) is 18.4. The third-order valence-electron chi connectivity index (χ3n) is 4.46. The number of carbonyl (C=O) groups is 1.